The number of hydrogen-bond donors (Lipinski definition) is 2. The monoisotopic (exact) mass is 266 g/mol. The summed E-state index contributed by atoms with van der Waals surface area (Å²) in [6.07, 6.45) is 1.01. The summed E-state index contributed by atoms with van der Waals surface area (Å²) in [7, 11) is 0. The first kappa shape index (κ1) is 12.9. The molecule has 0 aliphatic carbocycles. The topological polar surface area (TPSA) is 41.1 Å². The maximum absolute atomic E-state index is 12.1. The van der Waals surface area contributed by atoms with Crippen molar-refractivity contribution in [2.45, 2.75) is 12.5 Å². The first-order valence-corrected chi connectivity index (χ1v) is 7.00. The average molecular weight is 266 g/mol. The van der Waals surface area contributed by atoms with Crippen molar-refractivity contribution in [3.63, 3.8) is 0 Å². The minimum Gasteiger partial charge on any atom is -0.348 e. The van der Waals surface area contributed by atoms with Crippen LogP contribution in [0.3, 0.4) is 0 Å². The Labute approximate surface area is 119 Å². The molecule has 1 heterocycles. The Morgan fingerprint density at radius 3 is 2.35 bits per heavy atom. The fourth-order valence-electron chi connectivity index (χ4n) is 2.49. The van der Waals surface area contributed by atoms with E-state index in [0.717, 1.165) is 30.6 Å². The Morgan fingerprint density at radius 2 is 1.70 bits per heavy atom. The van der Waals surface area contributed by atoms with Crippen LogP contribution in [0.1, 0.15) is 16.8 Å². The van der Waals surface area contributed by atoms with Gasteiger partial charge in [0, 0.05) is 18.2 Å². The van der Waals surface area contributed by atoms with Crippen molar-refractivity contribution in [2.75, 3.05) is 13.1 Å². The van der Waals surface area contributed by atoms with Gasteiger partial charge in [-0.3, -0.25) is 4.79 Å². The Morgan fingerprint density at radius 1 is 1.00 bits per heavy atom. The summed E-state index contributed by atoms with van der Waals surface area (Å²) in [5, 5.41) is 6.30. The van der Waals surface area contributed by atoms with Crippen molar-refractivity contribution in [1.29, 1.82) is 0 Å². The molecule has 102 valence electrons. The Hall–Kier alpha value is -2.13. The zero-order valence-electron chi connectivity index (χ0n) is 11.3. The maximum atomic E-state index is 12.1. The molecular formula is C17H18N2O. The molecule has 3 nitrogen and oxygen atoms in total. The van der Waals surface area contributed by atoms with Crippen LogP contribution in [0.15, 0.2) is 54.6 Å². The van der Waals surface area contributed by atoms with E-state index in [1.165, 1.54) is 5.56 Å². The third-order valence-corrected chi connectivity index (χ3v) is 3.65. The van der Waals surface area contributed by atoms with E-state index in [9.17, 15) is 4.79 Å². The van der Waals surface area contributed by atoms with E-state index < -0.39 is 0 Å². The Kier molecular flexibility index (Phi) is 3.79. The van der Waals surface area contributed by atoms with Crippen LogP contribution in [0.2, 0.25) is 0 Å². The highest BCUT2D eigenvalue weighted by molar-refractivity contribution is 5.94. The van der Waals surface area contributed by atoms with E-state index >= 15 is 0 Å². The van der Waals surface area contributed by atoms with Gasteiger partial charge >= 0.3 is 0 Å². The van der Waals surface area contributed by atoms with Gasteiger partial charge in [0.15, 0.2) is 0 Å². The van der Waals surface area contributed by atoms with Crippen molar-refractivity contribution in [1.82, 2.24) is 10.6 Å². The van der Waals surface area contributed by atoms with Crippen LogP contribution in [0.4, 0.5) is 0 Å². The second-order valence-electron chi connectivity index (χ2n) is 5.11. The van der Waals surface area contributed by atoms with Crippen molar-refractivity contribution in [3.8, 4) is 11.1 Å². The lowest BCUT2D eigenvalue weighted by Gasteiger charge is -2.11. The molecule has 0 bridgehead atoms. The molecule has 1 amide bonds. The van der Waals surface area contributed by atoms with Gasteiger partial charge in [0.2, 0.25) is 0 Å². The summed E-state index contributed by atoms with van der Waals surface area (Å²) < 4.78 is 0. The molecule has 1 saturated heterocycles. The van der Waals surface area contributed by atoms with Gasteiger partial charge < -0.3 is 10.6 Å². The van der Waals surface area contributed by atoms with E-state index in [-0.39, 0.29) is 11.9 Å². The van der Waals surface area contributed by atoms with E-state index in [1.54, 1.807) is 0 Å². The van der Waals surface area contributed by atoms with Crippen LogP contribution in [-0.2, 0) is 0 Å². The van der Waals surface area contributed by atoms with Crippen LogP contribution in [0.5, 0.6) is 0 Å². The SMILES string of the molecule is O=C(NC1CCNC1)c1ccc(-c2ccccc2)cc1. The van der Waals surface area contributed by atoms with Crippen LogP contribution in [0.25, 0.3) is 11.1 Å². The van der Waals surface area contributed by atoms with Crippen LogP contribution >= 0.6 is 0 Å². The lowest BCUT2D eigenvalue weighted by atomic mass is 10.0. The smallest absolute Gasteiger partial charge is 0.251 e. The molecule has 2 aromatic carbocycles. The Balaban J connectivity index is 1.71. The molecule has 3 heteroatoms. The first-order valence-electron chi connectivity index (χ1n) is 7.00. The highest BCUT2D eigenvalue weighted by atomic mass is 16.1. The lowest BCUT2D eigenvalue weighted by molar-refractivity contribution is 0.0940. The molecule has 0 radical (unpaired) electrons. The molecule has 1 aliphatic rings. The van der Waals surface area contributed by atoms with Gasteiger partial charge in [-0.1, -0.05) is 42.5 Å². The fraction of sp³-hybridized carbons (Fsp3) is 0.235. The van der Waals surface area contributed by atoms with Gasteiger partial charge in [0.1, 0.15) is 0 Å². The van der Waals surface area contributed by atoms with E-state index in [4.69, 9.17) is 0 Å². The van der Waals surface area contributed by atoms with Gasteiger partial charge in [0.25, 0.3) is 5.91 Å². The highest BCUT2D eigenvalue weighted by Crippen LogP contribution is 2.19. The number of amides is 1. The minimum atomic E-state index is 0.0123. The van der Waals surface area contributed by atoms with E-state index in [1.807, 2.05) is 42.5 Å². The van der Waals surface area contributed by atoms with Gasteiger partial charge in [-0.15, -0.1) is 0 Å². The summed E-state index contributed by atoms with van der Waals surface area (Å²) in [5.41, 5.74) is 3.01. The Bertz CT molecular complexity index is 572. The number of benzene rings is 2. The third-order valence-electron chi connectivity index (χ3n) is 3.65. The molecule has 1 fully saturated rings. The molecule has 2 aromatic rings. The summed E-state index contributed by atoms with van der Waals surface area (Å²) in [6, 6.07) is 18.2. The lowest BCUT2D eigenvalue weighted by Crippen LogP contribution is -2.36. The second kappa shape index (κ2) is 5.88. The predicted octanol–water partition coefficient (Wildman–Crippen LogP) is 2.45. The zero-order chi connectivity index (χ0) is 13.8. The van der Waals surface area contributed by atoms with Gasteiger partial charge in [0.05, 0.1) is 0 Å². The van der Waals surface area contributed by atoms with E-state index in [2.05, 4.69) is 22.8 Å². The summed E-state index contributed by atoms with van der Waals surface area (Å²) in [4.78, 5) is 12.1. The maximum Gasteiger partial charge on any atom is 0.251 e. The number of rotatable bonds is 3. The minimum absolute atomic E-state index is 0.0123. The molecule has 3 rings (SSSR count). The quantitative estimate of drug-likeness (QED) is 0.896. The summed E-state index contributed by atoms with van der Waals surface area (Å²) >= 11 is 0. The van der Waals surface area contributed by atoms with Crippen LogP contribution in [0, 0.1) is 0 Å². The molecule has 2 N–H and O–H groups in total. The second-order valence-corrected chi connectivity index (χ2v) is 5.11. The number of carbonyl (C=O) groups is 1. The normalized spacial score (nSPS) is 17.9. The standard InChI is InChI=1S/C17H18N2O/c20-17(19-16-10-11-18-12-16)15-8-6-14(7-9-15)13-4-2-1-3-5-13/h1-9,16,18H,10-12H2,(H,19,20). The number of hydrogen-bond acceptors (Lipinski definition) is 2. The average Bonchev–Trinajstić information content (AvgIpc) is 3.01. The van der Waals surface area contributed by atoms with Crippen LogP contribution < -0.4 is 10.6 Å². The molecule has 0 spiro atoms. The highest BCUT2D eigenvalue weighted by Gasteiger charge is 2.17. The fourth-order valence-corrected chi connectivity index (χ4v) is 2.49. The first-order chi connectivity index (χ1) is 9.83. The predicted molar refractivity (Wildman–Crippen MR) is 80.6 cm³/mol. The molecule has 0 saturated carbocycles. The van der Waals surface area contributed by atoms with Gasteiger partial charge in [-0.2, -0.15) is 0 Å². The molecule has 20 heavy (non-hydrogen) atoms. The zero-order valence-corrected chi connectivity index (χ0v) is 11.3. The third kappa shape index (κ3) is 2.89. The summed E-state index contributed by atoms with van der Waals surface area (Å²) in [6.45, 7) is 1.85. The molecule has 1 aliphatic heterocycles. The molecule has 1 atom stereocenters. The molecular weight excluding hydrogens is 248 g/mol. The molecule has 0 aromatic heterocycles. The van der Waals surface area contributed by atoms with Crippen LogP contribution in [-0.4, -0.2) is 25.0 Å². The van der Waals surface area contributed by atoms with Crippen molar-refractivity contribution in [2.24, 2.45) is 0 Å². The molecule has 1 unspecified atom stereocenters. The van der Waals surface area contributed by atoms with Crippen molar-refractivity contribution in [3.05, 3.63) is 60.2 Å². The van der Waals surface area contributed by atoms with Crippen molar-refractivity contribution < 1.29 is 4.79 Å². The number of nitrogens with one attached hydrogen (secondary N) is 2. The van der Waals surface area contributed by atoms with E-state index in [0.29, 0.717) is 0 Å². The summed E-state index contributed by atoms with van der Waals surface area (Å²) in [5.74, 6) is 0.0123. The van der Waals surface area contributed by atoms with Gasteiger partial charge in [-0.25, -0.2) is 0 Å². The van der Waals surface area contributed by atoms with Gasteiger partial charge in [-0.05, 0) is 36.2 Å². The largest absolute Gasteiger partial charge is 0.348 e. The van der Waals surface area contributed by atoms with Crippen molar-refractivity contribution >= 4 is 5.91 Å². The number of carbonyl (C=O) groups excluding carboxylic acids is 1.